The van der Waals surface area contributed by atoms with Crippen LogP contribution in [0, 0.1) is 12.8 Å². The van der Waals surface area contributed by atoms with Crippen molar-refractivity contribution < 1.29 is 48.1 Å². The number of fused-ring (bicyclic) bond motifs is 8. The number of hydrogen-bond acceptors (Lipinski definition) is 10. The molecule has 16 nitrogen and oxygen atoms in total. The Hall–Kier alpha value is -8.01. The number of benzene rings is 5. The van der Waals surface area contributed by atoms with Gasteiger partial charge in [-0.25, -0.2) is 0 Å². The Bertz CT molecular complexity index is 3040. The Morgan fingerprint density at radius 2 is 1.38 bits per heavy atom. The number of rotatable bonds is 18. The fourth-order valence-electron chi connectivity index (χ4n) is 10.2. The lowest BCUT2D eigenvalue weighted by molar-refractivity contribution is -0.137. The molecule has 4 N–H and O–H groups in total. The lowest BCUT2D eigenvalue weighted by Crippen LogP contribution is -2.53. The van der Waals surface area contributed by atoms with E-state index in [4.69, 9.17) is 24.3 Å². The summed E-state index contributed by atoms with van der Waals surface area (Å²) in [7, 11) is 1.53. The minimum absolute atomic E-state index is 0.0375. The number of para-hydroxylation sites is 2. The van der Waals surface area contributed by atoms with Crippen LogP contribution in [0.2, 0.25) is 0 Å². The molecule has 378 valence electrons. The van der Waals surface area contributed by atoms with E-state index >= 15 is 0 Å². The van der Waals surface area contributed by atoms with Crippen molar-refractivity contribution in [3.63, 3.8) is 0 Å². The van der Waals surface area contributed by atoms with Crippen LogP contribution in [0.1, 0.15) is 107 Å². The molecule has 4 atom stereocenters. The molecule has 0 fully saturated rings. The van der Waals surface area contributed by atoms with Crippen molar-refractivity contribution in [1.29, 1.82) is 0 Å². The quantitative estimate of drug-likeness (QED) is 0.0620. The maximum absolute atomic E-state index is 14.1. The highest BCUT2D eigenvalue weighted by Gasteiger charge is 2.39. The largest absolute Gasteiger partial charge is 0.493 e. The number of carboxylic acid groups (broad SMARTS) is 1. The molecule has 0 saturated carbocycles. The van der Waals surface area contributed by atoms with E-state index in [1.807, 2.05) is 72.6 Å². The maximum atomic E-state index is 14.1. The van der Waals surface area contributed by atoms with Crippen LogP contribution in [-0.4, -0.2) is 78.1 Å². The maximum Gasteiger partial charge on any atom is 0.303 e. The molecule has 0 saturated heterocycles. The van der Waals surface area contributed by atoms with Gasteiger partial charge in [-0.3, -0.25) is 38.7 Å². The molecule has 4 heterocycles. The molecular weight excluding hydrogens is 929 g/mol. The standard InChI is InChI=1S/C57H60N6O10/c1-32(2)53(61-51(64)16-10-11-17-52(65)66)55(68)59-34(4)54(67)60-40-22-35(30-72-48-28-45-44(20-33(48)3)57(70)63-42(29-58-45)25-39-13-7-9-15-47(39)63)21-36(23-40)31-73-50-26-37-18-19-41-24-38-12-6-8-14-46(38)62(41)56(69)43(37)27-49(50)71-5/h6-9,12-15,20-23,26-29,32,34,41-42,53H,10-11,16-19,24-25,30-31H2,1-5H3,(H,59,68)(H,60,67)(H,61,64)(H,65,66)/t34-,41+,42-,53-/m0/s1. The molecule has 16 heteroatoms. The number of aryl methyl sites for hydroxylation is 2. The predicted octanol–water partition coefficient (Wildman–Crippen LogP) is 8.20. The van der Waals surface area contributed by atoms with Crippen molar-refractivity contribution >= 4 is 64.5 Å². The minimum atomic E-state index is -1.02. The number of unbranched alkanes of at least 4 members (excludes halogenated alkanes) is 1. The number of amides is 5. The van der Waals surface area contributed by atoms with Gasteiger partial charge < -0.3 is 40.2 Å². The first-order valence-corrected chi connectivity index (χ1v) is 24.9. The molecule has 0 radical (unpaired) electrons. The van der Waals surface area contributed by atoms with E-state index in [-0.39, 0.29) is 61.8 Å². The summed E-state index contributed by atoms with van der Waals surface area (Å²) in [4.78, 5) is 87.6. The highest BCUT2D eigenvalue weighted by molar-refractivity contribution is 6.15. The number of aliphatic imine (C=N–C) groups is 1. The first-order chi connectivity index (χ1) is 35.1. The van der Waals surface area contributed by atoms with E-state index in [2.05, 4.69) is 22.0 Å². The monoisotopic (exact) mass is 988 g/mol. The van der Waals surface area contributed by atoms with Gasteiger partial charge in [0, 0.05) is 60.2 Å². The summed E-state index contributed by atoms with van der Waals surface area (Å²) >= 11 is 0. The van der Waals surface area contributed by atoms with E-state index < -0.39 is 29.9 Å². The van der Waals surface area contributed by atoms with Gasteiger partial charge in [0.1, 0.15) is 31.0 Å². The third-order valence-electron chi connectivity index (χ3n) is 14.0. The Balaban J connectivity index is 0.939. The summed E-state index contributed by atoms with van der Waals surface area (Å²) in [6.07, 6.45) is 5.44. The number of anilines is 3. The molecule has 5 aromatic rings. The van der Waals surface area contributed by atoms with Crippen molar-refractivity contribution in [2.24, 2.45) is 10.9 Å². The van der Waals surface area contributed by atoms with Crippen LogP contribution in [-0.2, 0) is 51.7 Å². The van der Waals surface area contributed by atoms with E-state index in [1.54, 1.807) is 56.0 Å². The number of aliphatic carboxylic acids is 1. The Kier molecular flexibility index (Phi) is 14.6. The number of nitrogens with one attached hydrogen (secondary N) is 3. The fourth-order valence-corrected chi connectivity index (χ4v) is 10.2. The highest BCUT2D eigenvalue weighted by atomic mass is 16.5. The van der Waals surface area contributed by atoms with Gasteiger partial charge in [0.25, 0.3) is 11.8 Å². The summed E-state index contributed by atoms with van der Waals surface area (Å²) in [5.41, 5.74) is 8.95. The van der Waals surface area contributed by atoms with E-state index in [1.165, 1.54) is 7.11 Å². The molecule has 5 aromatic carbocycles. The van der Waals surface area contributed by atoms with Crippen molar-refractivity contribution in [2.75, 3.05) is 22.2 Å². The first kappa shape index (κ1) is 50.0. The van der Waals surface area contributed by atoms with Crippen molar-refractivity contribution in [3.05, 3.63) is 136 Å². The number of carbonyl (C=O) groups excluding carboxylic acids is 5. The highest BCUT2D eigenvalue weighted by Crippen LogP contribution is 2.42. The normalized spacial score (nSPS) is 16.9. The summed E-state index contributed by atoms with van der Waals surface area (Å²) in [6, 6.07) is 26.5. The zero-order valence-electron chi connectivity index (χ0n) is 41.7. The zero-order chi connectivity index (χ0) is 51.5. The van der Waals surface area contributed by atoms with Crippen LogP contribution < -0.4 is 40.0 Å². The molecule has 0 aliphatic carbocycles. The topological polar surface area (TPSA) is 205 Å². The molecule has 0 spiro atoms. The Morgan fingerprint density at radius 3 is 2.08 bits per heavy atom. The molecule has 9 rings (SSSR count). The third-order valence-corrected chi connectivity index (χ3v) is 14.0. The summed E-state index contributed by atoms with van der Waals surface area (Å²) in [6.45, 7) is 7.07. The van der Waals surface area contributed by atoms with Gasteiger partial charge in [-0.1, -0.05) is 50.2 Å². The summed E-state index contributed by atoms with van der Waals surface area (Å²) in [5.74, 6) is -1.53. The van der Waals surface area contributed by atoms with Crippen molar-refractivity contribution in [2.45, 2.75) is 116 Å². The SMILES string of the molecule is COc1cc2c(cc1OCc1cc(COc3cc4c(cc3C)C(=O)N3c5ccccc5C[C@H]3C=N4)cc(NC(=O)[C@H](C)NC(=O)[C@@H](NC(=O)CCCCC(=O)O)C(C)C)c1)CC[C@@H]1Cc3ccccc3N1C2=O. The molecule has 0 aromatic heterocycles. The number of hydrogen-bond donors (Lipinski definition) is 4. The number of ether oxygens (including phenoxy) is 3. The molecule has 5 amide bonds. The average Bonchev–Trinajstić information content (AvgIpc) is 3.86. The molecular formula is C57H60N6O10. The minimum Gasteiger partial charge on any atom is -0.493 e. The lowest BCUT2D eigenvalue weighted by atomic mass is 9.99. The van der Waals surface area contributed by atoms with Gasteiger partial charge in [-0.2, -0.15) is 0 Å². The zero-order valence-corrected chi connectivity index (χ0v) is 41.7. The number of nitrogens with zero attached hydrogens (tertiary/aromatic N) is 3. The molecule has 0 bridgehead atoms. The summed E-state index contributed by atoms with van der Waals surface area (Å²) in [5, 5.41) is 17.3. The average molecular weight is 989 g/mol. The lowest BCUT2D eigenvalue weighted by Gasteiger charge is -2.24. The van der Waals surface area contributed by atoms with Crippen LogP contribution in [0.25, 0.3) is 0 Å². The predicted molar refractivity (Wildman–Crippen MR) is 276 cm³/mol. The van der Waals surface area contributed by atoms with Gasteiger partial charge >= 0.3 is 5.97 Å². The number of carbonyl (C=O) groups is 6. The third kappa shape index (κ3) is 10.8. The first-order valence-electron chi connectivity index (χ1n) is 24.9. The van der Waals surface area contributed by atoms with E-state index in [9.17, 15) is 28.8 Å². The van der Waals surface area contributed by atoms with Gasteiger partial charge in [0.2, 0.25) is 17.7 Å². The van der Waals surface area contributed by atoms with Gasteiger partial charge in [0.15, 0.2) is 11.5 Å². The molecule has 4 aliphatic heterocycles. The number of methoxy groups -OCH3 is 1. The van der Waals surface area contributed by atoms with E-state index in [0.717, 1.165) is 46.5 Å². The van der Waals surface area contributed by atoms with Gasteiger partial charge in [-0.05, 0) is 134 Å². The van der Waals surface area contributed by atoms with Gasteiger partial charge in [0.05, 0.1) is 24.4 Å². The summed E-state index contributed by atoms with van der Waals surface area (Å²) < 4.78 is 18.8. The smallest absolute Gasteiger partial charge is 0.303 e. The Morgan fingerprint density at radius 1 is 0.726 bits per heavy atom. The molecule has 0 unspecified atom stereocenters. The second-order valence-corrected chi connectivity index (χ2v) is 19.6. The van der Waals surface area contributed by atoms with E-state index in [0.29, 0.717) is 76.6 Å². The van der Waals surface area contributed by atoms with Crippen LogP contribution in [0.4, 0.5) is 22.7 Å². The second-order valence-electron chi connectivity index (χ2n) is 19.6. The van der Waals surface area contributed by atoms with Crippen LogP contribution in [0.15, 0.2) is 96.0 Å². The second kappa shape index (κ2) is 21.4. The van der Waals surface area contributed by atoms with Crippen molar-refractivity contribution in [3.8, 4) is 17.2 Å². The van der Waals surface area contributed by atoms with Crippen molar-refractivity contribution in [1.82, 2.24) is 10.6 Å². The fraction of sp³-hybridized carbons (Fsp3) is 0.351. The Labute approximate surface area is 424 Å². The van der Waals surface area contributed by atoms with Gasteiger partial charge in [-0.15, -0.1) is 0 Å². The van der Waals surface area contributed by atoms with Crippen LogP contribution in [0.5, 0.6) is 17.2 Å². The molecule has 73 heavy (non-hydrogen) atoms. The number of carboxylic acids is 1. The van der Waals surface area contributed by atoms with Crippen LogP contribution in [0.3, 0.4) is 0 Å². The van der Waals surface area contributed by atoms with Crippen LogP contribution >= 0.6 is 0 Å². The molecule has 4 aliphatic rings.